The van der Waals surface area contributed by atoms with Crippen LogP contribution in [0.5, 0.6) is 0 Å². The number of rotatable bonds is 8. The molecule has 0 heterocycles. The number of ketones is 2. The van der Waals surface area contributed by atoms with E-state index in [1.807, 2.05) is 75.4 Å². The van der Waals surface area contributed by atoms with Crippen LogP contribution in [0.1, 0.15) is 48.4 Å². The van der Waals surface area contributed by atoms with Gasteiger partial charge < -0.3 is 0 Å². The van der Waals surface area contributed by atoms with Crippen LogP contribution in [0.15, 0.2) is 60.7 Å². The van der Waals surface area contributed by atoms with E-state index >= 15 is 0 Å². The molecule has 0 N–H and O–H groups in total. The van der Waals surface area contributed by atoms with Crippen molar-refractivity contribution >= 4 is 23.2 Å². The Bertz CT molecular complexity index is 841. The number of hydrogen-bond donors (Lipinski definition) is 0. The molecule has 0 fully saturated rings. The monoisotopic (exact) mass is 346 g/mol. The second-order valence-electron chi connectivity index (χ2n) is 6.46. The van der Waals surface area contributed by atoms with Crippen molar-refractivity contribution < 1.29 is 9.59 Å². The third-order valence-electron chi connectivity index (χ3n) is 4.45. The van der Waals surface area contributed by atoms with Crippen molar-refractivity contribution in [2.75, 3.05) is 0 Å². The molecular weight excluding hydrogens is 320 g/mol. The quantitative estimate of drug-likeness (QED) is 0.572. The molecule has 0 saturated carbocycles. The van der Waals surface area contributed by atoms with Gasteiger partial charge in [-0.05, 0) is 60.2 Å². The van der Waals surface area contributed by atoms with E-state index in [4.69, 9.17) is 0 Å². The zero-order valence-electron chi connectivity index (χ0n) is 15.8. The van der Waals surface area contributed by atoms with Crippen LogP contribution in [-0.2, 0) is 9.59 Å². The molecule has 0 spiro atoms. The third-order valence-corrected chi connectivity index (χ3v) is 4.45. The third kappa shape index (κ3) is 5.66. The summed E-state index contributed by atoms with van der Waals surface area (Å²) in [6.07, 6.45) is 6.62. The van der Waals surface area contributed by atoms with Gasteiger partial charge in [0, 0.05) is 12.8 Å². The molecule has 0 saturated heterocycles. The lowest BCUT2D eigenvalue weighted by molar-refractivity contribution is -0.115. The maximum Gasteiger partial charge on any atom is 0.156 e. The van der Waals surface area contributed by atoms with Gasteiger partial charge in [0.2, 0.25) is 0 Å². The fourth-order valence-electron chi connectivity index (χ4n) is 2.81. The average molecular weight is 346 g/mol. The number of carbonyl (C=O) groups excluding carboxylic acids is 2. The summed E-state index contributed by atoms with van der Waals surface area (Å²) in [5, 5.41) is 0. The van der Waals surface area contributed by atoms with E-state index in [1.165, 1.54) is 0 Å². The topological polar surface area (TPSA) is 34.1 Å². The minimum absolute atomic E-state index is 0.0664. The van der Waals surface area contributed by atoms with Crippen molar-refractivity contribution in [3.05, 3.63) is 82.9 Å². The highest BCUT2D eigenvalue weighted by atomic mass is 16.1. The molecule has 2 nitrogen and oxygen atoms in total. The Labute approximate surface area is 156 Å². The summed E-state index contributed by atoms with van der Waals surface area (Å²) < 4.78 is 0. The zero-order chi connectivity index (χ0) is 18.9. The standard InChI is InChI=1S/C24H26O2/c1-4-22(25)17-21(24-12-8-6-10-19(24)3)14-16-23(26)15-13-20-11-7-5-9-18(20)2/h5-13,15,17H,4,14,16H2,1-3H3. The highest BCUT2D eigenvalue weighted by Crippen LogP contribution is 2.24. The molecule has 0 radical (unpaired) electrons. The van der Waals surface area contributed by atoms with E-state index in [0.717, 1.165) is 27.8 Å². The molecule has 0 atom stereocenters. The Balaban J connectivity index is 2.11. The van der Waals surface area contributed by atoms with Crippen molar-refractivity contribution in [2.45, 2.75) is 40.0 Å². The molecular formula is C24H26O2. The first-order valence-corrected chi connectivity index (χ1v) is 9.07. The molecule has 0 aromatic heterocycles. The highest BCUT2D eigenvalue weighted by Gasteiger charge is 2.09. The number of benzene rings is 2. The molecule has 2 rings (SSSR count). The fourth-order valence-corrected chi connectivity index (χ4v) is 2.81. The van der Waals surface area contributed by atoms with Crippen LogP contribution in [0.4, 0.5) is 0 Å². The second kappa shape index (κ2) is 9.67. The summed E-state index contributed by atoms with van der Waals surface area (Å²) in [5.74, 6) is 0.155. The average Bonchev–Trinajstić information content (AvgIpc) is 2.64. The Kier molecular flexibility index (Phi) is 7.28. The molecule has 0 bridgehead atoms. The number of carbonyl (C=O) groups is 2. The maximum atomic E-state index is 12.3. The van der Waals surface area contributed by atoms with Crippen LogP contribution in [0.25, 0.3) is 11.6 Å². The van der Waals surface area contributed by atoms with Gasteiger partial charge in [-0.15, -0.1) is 0 Å². The summed E-state index contributed by atoms with van der Waals surface area (Å²) in [7, 11) is 0. The molecule has 0 aliphatic heterocycles. The number of allylic oxidation sites excluding steroid dienone is 3. The summed E-state index contributed by atoms with van der Waals surface area (Å²) >= 11 is 0. The second-order valence-corrected chi connectivity index (χ2v) is 6.46. The minimum atomic E-state index is 0.0664. The van der Waals surface area contributed by atoms with Crippen LogP contribution < -0.4 is 0 Å². The van der Waals surface area contributed by atoms with E-state index in [-0.39, 0.29) is 11.6 Å². The lowest BCUT2D eigenvalue weighted by Crippen LogP contribution is -1.99. The van der Waals surface area contributed by atoms with E-state index in [0.29, 0.717) is 19.3 Å². The molecule has 0 unspecified atom stereocenters. The molecule has 2 aromatic carbocycles. The van der Waals surface area contributed by atoms with Gasteiger partial charge in [-0.2, -0.15) is 0 Å². The smallest absolute Gasteiger partial charge is 0.156 e. The van der Waals surface area contributed by atoms with Gasteiger partial charge in [0.25, 0.3) is 0 Å². The van der Waals surface area contributed by atoms with Crippen LogP contribution >= 0.6 is 0 Å². The van der Waals surface area contributed by atoms with Gasteiger partial charge in [-0.25, -0.2) is 0 Å². The first kappa shape index (κ1) is 19.6. The van der Waals surface area contributed by atoms with Crippen LogP contribution in [0, 0.1) is 13.8 Å². The summed E-state index contributed by atoms with van der Waals surface area (Å²) in [6.45, 7) is 5.91. The molecule has 0 aliphatic rings. The van der Waals surface area contributed by atoms with Gasteiger partial charge in [0.15, 0.2) is 11.6 Å². The molecule has 2 heteroatoms. The Morgan fingerprint density at radius 2 is 1.50 bits per heavy atom. The number of aryl methyl sites for hydroxylation is 2. The van der Waals surface area contributed by atoms with Gasteiger partial charge >= 0.3 is 0 Å². The summed E-state index contributed by atoms with van der Waals surface area (Å²) in [4.78, 5) is 24.2. The predicted molar refractivity (Wildman–Crippen MR) is 109 cm³/mol. The first-order valence-electron chi connectivity index (χ1n) is 9.07. The van der Waals surface area contributed by atoms with E-state index < -0.39 is 0 Å². The first-order chi connectivity index (χ1) is 12.5. The minimum Gasteiger partial charge on any atom is -0.295 e. The van der Waals surface area contributed by atoms with Crippen molar-refractivity contribution in [1.82, 2.24) is 0 Å². The normalized spacial score (nSPS) is 11.7. The number of hydrogen-bond acceptors (Lipinski definition) is 2. The fraction of sp³-hybridized carbons (Fsp3) is 0.250. The van der Waals surface area contributed by atoms with Crippen molar-refractivity contribution in [2.24, 2.45) is 0 Å². The molecule has 134 valence electrons. The Morgan fingerprint density at radius 1 is 0.846 bits per heavy atom. The van der Waals surface area contributed by atoms with E-state index in [9.17, 15) is 9.59 Å². The molecule has 0 amide bonds. The SMILES string of the molecule is CCC(=O)C=C(CCC(=O)C=Cc1ccccc1C)c1ccccc1C. The Morgan fingerprint density at radius 3 is 2.15 bits per heavy atom. The van der Waals surface area contributed by atoms with Crippen LogP contribution in [0.3, 0.4) is 0 Å². The maximum absolute atomic E-state index is 12.3. The predicted octanol–water partition coefficient (Wildman–Crippen LogP) is 5.73. The van der Waals surface area contributed by atoms with Crippen molar-refractivity contribution in [3.8, 4) is 0 Å². The molecule has 26 heavy (non-hydrogen) atoms. The highest BCUT2D eigenvalue weighted by molar-refractivity contribution is 5.98. The van der Waals surface area contributed by atoms with Gasteiger partial charge in [0.1, 0.15) is 0 Å². The Hall–Kier alpha value is -2.74. The van der Waals surface area contributed by atoms with Crippen molar-refractivity contribution in [1.29, 1.82) is 0 Å². The van der Waals surface area contributed by atoms with Crippen LogP contribution in [0.2, 0.25) is 0 Å². The lowest BCUT2D eigenvalue weighted by atomic mass is 9.94. The van der Waals surface area contributed by atoms with Gasteiger partial charge in [-0.3, -0.25) is 9.59 Å². The van der Waals surface area contributed by atoms with Crippen LogP contribution in [-0.4, -0.2) is 11.6 Å². The van der Waals surface area contributed by atoms with E-state index in [2.05, 4.69) is 0 Å². The lowest BCUT2D eigenvalue weighted by Gasteiger charge is -2.10. The van der Waals surface area contributed by atoms with Crippen molar-refractivity contribution in [3.63, 3.8) is 0 Å². The molecule has 2 aromatic rings. The largest absolute Gasteiger partial charge is 0.295 e. The zero-order valence-corrected chi connectivity index (χ0v) is 15.8. The summed E-state index contributed by atoms with van der Waals surface area (Å²) in [5.41, 5.74) is 5.30. The van der Waals surface area contributed by atoms with Gasteiger partial charge in [-0.1, -0.05) is 61.5 Å². The summed E-state index contributed by atoms with van der Waals surface area (Å²) in [6, 6.07) is 16.0. The molecule has 0 aliphatic carbocycles. The van der Waals surface area contributed by atoms with E-state index in [1.54, 1.807) is 12.2 Å². The van der Waals surface area contributed by atoms with Gasteiger partial charge in [0.05, 0.1) is 0 Å².